The number of para-hydroxylation sites is 1. The van der Waals surface area contributed by atoms with Gasteiger partial charge in [-0.25, -0.2) is 0 Å². The molecule has 2 aromatic carbocycles. The standard InChI is InChI=1S/C22H17F3N6/c23-22(24,25)21-29-28-20-11-10-19(30-31(20)21)27-12-16(14-6-2-1-3-7-14)17-13-26-18-9-5-4-8-15(17)18/h1-11,13,16,26H,12H2,(H,27,30)/t16-/m0/s1. The Bertz CT molecular complexity index is 1340. The number of rotatable bonds is 5. The zero-order valence-corrected chi connectivity index (χ0v) is 16.1. The largest absolute Gasteiger partial charge is 0.453 e. The first-order chi connectivity index (χ1) is 15.0. The number of anilines is 1. The van der Waals surface area contributed by atoms with Gasteiger partial charge in [-0.05, 0) is 29.3 Å². The van der Waals surface area contributed by atoms with Crippen molar-refractivity contribution in [1.82, 2.24) is 24.8 Å². The van der Waals surface area contributed by atoms with Crippen molar-refractivity contribution >= 4 is 22.4 Å². The molecular weight excluding hydrogens is 405 g/mol. The average Bonchev–Trinajstić information content (AvgIpc) is 3.39. The van der Waals surface area contributed by atoms with Crippen LogP contribution in [0.25, 0.3) is 16.6 Å². The van der Waals surface area contributed by atoms with Crippen LogP contribution >= 0.6 is 0 Å². The Hall–Kier alpha value is -3.88. The SMILES string of the molecule is FC(F)(F)c1nnc2ccc(NC[C@@H](c3ccccc3)c3c[nH]c4ccccc34)nn12. The van der Waals surface area contributed by atoms with Crippen LogP contribution in [0.5, 0.6) is 0 Å². The zero-order valence-electron chi connectivity index (χ0n) is 16.1. The quantitative estimate of drug-likeness (QED) is 0.424. The Balaban J connectivity index is 1.49. The first-order valence-corrected chi connectivity index (χ1v) is 9.65. The lowest BCUT2D eigenvalue weighted by Crippen LogP contribution is -2.17. The van der Waals surface area contributed by atoms with Gasteiger partial charge in [0.05, 0.1) is 0 Å². The lowest BCUT2D eigenvalue weighted by molar-refractivity contribution is -0.146. The Labute approximate surface area is 174 Å². The molecule has 0 radical (unpaired) electrons. The van der Waals surface area contributed by atoms with Gasteiger partial charge in [-0.15, -0.1) is 15.3 Å². The lowest BCUT2D eigenvalue weighted by atomic mass is 9.91. The number of nitrogens with one attached hydrogen (secondary N) is 2. The highest BCUT2D eigenvalue weighted by molar-refractivity contribution is 5.84. The smallest absolute Gasteiger partial charge is 0.368 e. The van der Waals surface area contributed by atoms with Crippen molar-refractivity contribution in [1.29, 1.82) is 0 Å². The molecule has 2 N–H and O–H groups in total. The number of nitrogens with zero attached hydrogens (tertiary/aromatic N) is 4. The number of fused-ring (bicyclic) bond motifs is 2. The molecule has 5 rings (SSSR count). The van der Waals surface area contributed by atoms with Crippen molar-refractivity contribution < 1.29 is 13.2 Å². The second-order valence-corrected chi connectivity index (χ2v) is 7.14. The number of alkyl halides is 3. The topological polar surface area (TPSA) is 70.9 Å². The van der Waals surface area contributed by atoms with Crippen LogP contribution in [0.15, 0.2) is 72.9 Å². The van der Waals surface area contributed by atoms with E-state index >= 15 is 0 Å². The van der Waals surface area contributed by atoms with Gasteiger partial charge in [0.1, 0.15) is 5.82 Å². The minimum absolute atomic E-state index is 0.0362. The number of benzene rings is 2. The van der Waals surface area contributed by atoms with E-state index in [1.54, 1.807) is 6.07 Å². The maximum Gasteiger partial charge on any atom is 0.453 e. The molecule has 6 nitrogen and oxygen atoms in total. The highest BCUT2D eigenvalue weighted by Crippen LogP contribution is 2.31. The predicted octanol–water partition coefficient (Wildman–Crippen LogP) is 4.87. The van der Waals surface area contributed by atoms with Crippen LogP contribution in [-0.4, -0.2) is 31.3 Å². The van der Waals surface area contributed by atoms with E-state index in [1.165, 1.54) is 6.07 Å². The monoisotopic (exact) mass is 422 g/mol. The van der Waals surface area contributed by atoms with Crippen LogP contribution in [0.2, 0.25) is 0 Å². The summed E-state index contributed by atoms with van der Waals surface area (Å²) in [4.78, 5) is 3.29. The molecular formula is C22H17F3N6. The molecule has 0 saturated heterocycles. The van der Waals surface area contributed by atoms with E-state index in [-0.39, 0.29) is 11.6 Å². The van der Waals surface area contributed by atoms with Gasteiger partial charge >= 0.3 is 6.18 Å². The van der Waals surface area contributed by atoms with Crippen LogP contribution < -0.4 is 5.32 Å². The molecule has 0 aliphatic carbocycles. The summed E-state index contributed by atoms with van der Waals surface area (Å²) in [6, 6.07) is 21.0. The Kier molecular flexibility index (Phi) is 4.58. The first-order valence-electron chi connectivity index (χ1n) is 9.65. The molecule has 5 aromatic rings. The van der Waals surface area contributed by atoms with Crippen LogP contribution in [0, 0.1) is 0 Å². The van der Waals surface area contributed by atoms with Gasteiger partial charge in [-0.2, -0.15) is 17.7 Å². The highest BCUT2D eigenvalue weighted by Gasteiger charge is 2.37. The molecule has 9 heteroatoms. The zero-order chi connectivity index (χ0) is 21.4. The summed E-state index contributed by atoms with van der Waals surface area (Å²) in [7, 11) is 0. The van der Waals surface area contributed by atoms with E-state index in [0.29, 0.717) is 16.9 Å². The van der Waals surface area contributed by atoms with Gasteiger partial charge < -0.3 is 10.3 Å². The molecule has 0 fully saturated rings. The van der Waals surface area contributed by atoms with Gasteiger partial charge in [0.25, 0.3) is 5.82 Å². The van der Waals surface area contributed by atoms with Crippen molar-refractivity contribution in [3.8, 4) is 0 Å². The number of hydrogen-bond acceptors (Lipinski definition) is 4. The van der Waals surface area contributed by atoms with Gasteiger partial charge in [0.2, 0.25) is 0 Å². The minimum atomic E-state index is -4.64. The van der Waals surface area contributed by atoms with Crippen LogP contribution in [0.3, 0.4) is 0 Å². The highest BCUT2D eigenvalue weighted by atomic mass is 19.4. The molecule has 0 bridgehead atoms. The van der Waals surface area contributed by atoms with E-state index in [2.05, 4.69) is 25.6 Å². The Morgan fingerprint density at radius 1 is 0.935 bits per heavy atom. The summed E-state index contributed by atoms with van der Waals surface area (Å²) in [5.41, 5.74) is 3.24. The third kappa shape index (κ3) is 3.58. The molecule has 0 amide bonds. The van der Waals surface area contributed by atoms with E-state index < -0.39 is 12.0 Å². The van der Waals surface area contributed by atoms with Crippen LogP contribution in [-0.2, 0) is 6.18 Å². The van der Waals surface area contributed by atoms with Crippen molar-refractivity contribution in [3.63, 3.8) is 0 Å². The molecule has 3 aromatic heterocycles. The third-order valence-electron chi connectivity index (χ3n) is 5.20. The van der Waals surface area contributed by atoms with E-state index in [4.69, 9.17) is 0 Å². The molecule has 0 aliphatic rings. The summed E-state index contributed by atoms with van der Waals surface area (Å²) in [6.07, 6.45) is -2.66. The molecule has 1 atom stereocenters. The first kappa shape index (κ1) is 19.1. The fraction of sp³-hybridized carbons (Fsp3) is 0.136. The van der Waals surface area contributed by atoms with E-state index in [0.717, 1.165) is 22.0 Å². The predicted molar refractivity (Wildman–Crippen MR) is 111 cm³/mol. The summed E-state index contributed by atoms with van der Waals surface area (Å²) < 4.78 is 40.2. The maximum atomic E-state index is 13.2. The third-order valence-corrected chi connectivity index (χ3v) is 5.20. The van der Waals surface area contributed by atoms with Crippen LogP contribution in [0.1, 0.15) is 22.9 Å². The number of aromatic amines is 1. The summed E-state index contributed by atoms with van der Waals surface area (Å²) in [5, 5.41) is 15.1. The van der Waals surface area contributed by atoms with E-state index in [9.17, 15) is 13.2 Å². The molecule has 0 spiro atoms. The molecule has 0 saturated carbocycles. The fourth-order valence-corrected chi connectivity index (χ4v) is 3.74. The normalized spacial score (nSPS) is 13.0. The molecule has 156 valence electrons. The summed E-state index contributed by atoms with van der Waals surface area (Å²) in [5.74, 6) is -0.890. The van der Waals surface area contributed by atoms with Crippen molar-refractivity contribution in [2.24, 2.45) is 0 Å². The number of aromatic nitrogens is 5. The number of hydrogen-bond donors (Lipinski definition) is 2. The maximum absolute atomic E-state index is 13.2. The minimum Gasteiger partial charge on any atom is -0.368 e. The Morgan fingerprint density at radius 3 is 2.52 bits per heavy atom. The molecule has 3 heterocycles. The average molecular weight is 422 g/mol. The van der Waals surface area contributed by atoms with Crippen molar-refractivity contribution in [2.45, 2.75) is 12.1 Å². The molecule has 0 unspecified atom stereocenters. The fourth-order valence-electron chi connectivity index (χ4n) is 3.74. The van der Waals surface area contributed by atoms with Crippen molar-refractivity contribution in [3.05, 3.63) is 89.9 Å². The second kappa shape index (κ2) is 7.42. The van der Waals surface area contributed by atoms with Gasteiger partial charge in [-0.3, -0.25) is 0 Å². The second-order valence-electron chi connectivity index (χ2n) is 7.14. The van der Waals surface area contributed by atoms with Gasteiger partial charge in [0.15, 0.2) is 5.65 Å². The number of H-pyrrole nitrogens is 1. The van der Waals surface area contributed by atoms with Crippen LogP contribution in [0.4, 0.5) is 19.0 Å². The van der Waals surface area contributed by atoms with Gasteiger partial charge in [0, 0.05) is 29.6 Å². The molecule has 0 aliphatic heterocycles. The summed E-state index contributed by atoms with van der Waals surface area (Å²) >= 11 is 0. The Morgan fingerprint density at radius 2 is 1.71 bits per heavy atom. The summed E-state index contributed by atoms with van der Waals surface area (Å²) in [6.45, 7) is 0.438. The van der Waals surface area contributed by atoms with Crippen molar-refractivity contribution in [2.75, 3.05) is 11.9 Å². The van der Waals surface area contributed by atoms with Gasteiger partial charge in [-0.1, -0.05) is 48.5 Å². The van der Waals surface area contributed by atoms with E-state index in [1.807, 2.05) is 60.8 Å². The molecule has 31 heavy (non-hydrogen) atoms. The number of halogens is 3. The lowest BCUT2D eigenvalue weighted by Gasteiger charge is -2.18.